The zero-order chi connectivity index (χ0) is 13.7. The fourth-order valence-electron chi connectivity index (χ4n) is 1.48. The smallest absolute Gasteiger partial charge is 0.379 e. The van der Waals surface area contributed by atoms with E-state index in [9.17, 15) is 13.7 Å². The van der Waals surface area contributed by atoms with Crippen molar-refractivity contribution >= 4 is 5.97 Å². The summed E-state index contributed by atoms with van der Waals surface area (Å²) in [6.07, 6.45) is 0. The van der Waals surface area contributed by atoms with Gasteiger partial charge in [0.15, 0.2) is 0 Å². The number of hydrogen-bond acceptors (Lipinski definition) is 3. The van der Waals surface area contributed by atoms with Crippen LogP contribution in [0.15, 0.2) is 48.5 Å². The van der Waals surface area contributed by atoms with Gasteiger partial charge >= 0.3 is 5.97 Å². The van der Waals surface area contributed by atoms with Crippen LogP contribution in [-0.2, 0) is 11.5 Å². The van der Waals surface area contributed by atoms with E-state index in [1.165, 1.54) is 36.4 Å². The van der Waals surface area contributed by atoms with Gasteiger partial charge in [-0.25, -0.2) is 14.1 Å². The summed E-state index contributed by atoms with van der Waals surface area (Å²) >= 11 is 0. The van der Waals surface area contributed by atoms with Gasteiger partial charge in [-0.1, -0.05) is 12.1 Å². The molecule has 0 saturated heterocycles. The van der Waals surface area contributed by atoms with Crippen LogP contribution >= 0.6 is 0 Å². The van der Waals surface area contributed by atoms with Crippen molar-refractivity contribution < 1.29 is 23.4 Å². The molecule has 0 heterocycles. The maximum absolute atomic E-state index is 12.7. The number of benzene rings is 2. The van der Waals surface area contributed by atoms with E-state index in [1.54, 1.807) is 12.1 Å². The van der Waals surface area contributed by atoms with Crippen LogP contribution in [-0.4, -0.2) is 5.97 Å². The van der Waals surface area contributed by atoms with Crippen molar-refractivity contribution in [1.29, 1.82) is 0 Å². The Hall–Kier alpha value is -2.43. The highest BCUT2D eigenvalue weighted by molar-refractivity contribution is 5.88. The average Bonchev–Trinajstić information content (AvgIpc) is 2.46. The second-order valence-corrected chi connectivity index (χ2v) is 3.80. The second-order valence-electron chi connectivity index (χ2n) is 3.80. The normalized spacial score (nSPS) is 10.0. The molecule has 0 bridgehead atoms. The molecule has 0 amide bonds. The van der Waals surface area contributed by atoms with Crippen molar-refractivity contribution in [1.82, 2.24) is 0 Å². The zero-order valence-electron chi connectivity index (χ0n) is 9.81. The van der Waals surface area contributed by atoms with E-state index >= 15 is 0 Å². The van der Waals surface area contributed by atoms with Gasteiger partial charge in [-0.15, -0.1) is 0 Å². The van der Waals surface area contributed by atoms with Crippen molar-refractivity contribution in [3.63, 3.8) is 0 Å². The lowest BCUT2D eigenvalue weighted by Crippen LogP contribution is -1.99. The number of carbonyl (C=O) groups is 1. The van der Waals surface area contributed by atoms with E-state index in [-0.39, 0.29) is 18.0 Å². The van der Waals surface area contributed by atoms with Crippen molar-refractivity contribution in [2.45, 2.75) is 6.61 Å². The van der Waals surface area contributed by atoms with Crippen LogP contribution in [0.4, 0.5) is 8.92 Å². The third kappa shape index (κ3) is 3.51. The molecule has 98 valence electrons. The topological polar surface area (TPSA) is 35.5 Å². The lowest BCUT2D eigenvalue weighted by atomic mass is 10.2. The average molecular weight is 264 g/mol. The van der Waals surface area contributed by atoms with Crippen LogP contribution in [0.5, 0.6) is 5.75 Å². The van der Waals surface area contributed by atoms with E-state index in [0.717, 1.165) is 5.56 Å². The number of halogens is 2. The highest BCUT2D eigenvalue weighted by Gasteiger charge is 2.07. The Balaban J connectivity index is 1.96. The first-order chi connectivity index (χ1) is 9.19. The molecule has 0 aliphatic carbocycles. The second kappa shape index (κ2) is 5.95. The third-order valence-electron chi connectivity index (χ3n) is 2.48. The monoisotopic (exact) mass is 264 g/mol. The molecule has 0 aliphatic heterocycles. The summed E-state index contributed by atoms with van der Waals surface area (Å²) in [4.78, 5) is 14.0. The molecular formula is C14H10F2O3. The summed E-state index contributed by atoms with van der Waals surface area (Å²) in [5.74, 6) is -0.845. The lowest BCUT2D eigenvalue weighted by molar-refractivity contribution is -0.0788. The van der Waals surface area contributed by atoms with Gasteiger partial charge in [0.2, 0.25) is 0 Å². The minimum absolute atomic E-state index is 0.0941. The predicted molar refractivity (Wildman–Crippen MR) is 63.7 cm³/mol. The Labute approximate surface area is 108 Å². The van der Waals surface area contributed by atoms with E-state index in [0.29, 0.717) is 5.75 Å². The predicted octanol–water partition coefficient (Wildman–Crippen LogP) is 3.45. The highest BCUT2D eigenvalue weighted by Crippen LogP contribution is 2.15. The van der Waals surface area contributed by atoms with E-state index in [1.807, 2.05) is 0 Å². The molecule has 0 saturated carbocycles. The minimum atomic E-state index is -1.05. The van der Waals surface area contributed by atoms with Gasteiger partial charge in [-0.2, -0.15) is 0 Å². The molecule has 0 aromatic heterocycles. The van der Waals surface area contributed by atoms with Crippen LogP contribution in [0.1, 0.15) is 15.9 Å². The first-order valence-corrected chi connectivity index (χ1v) is 5.49. The molecule has 2 aromatic carbocycles. The van der Waals surface area contributed by atoms with Crippen LogP contribution in [0.2, 0.25) is 0 Å². The fraction of sp³-hybridized carbons (Fsp3) is 0.0714. The summed E-state index contributed by atoms with van der Waals surface area (Å²) in [7, 11) is 0. The Kier molecular flexibility index (Phi) is 4.07. The van der Waals surface area contributed by atoms with Gasteiger partial charge in [-0.05, 0) is 42.0 Å². The molecule has 2 rings (SSSR count). The highest BCUT2D eigenvalue weighted by atomic mass is 19.3. The van der Waals surface area contributed by atoms with Crippen LogP contribution in [0.25, 0.3) is 0 Å². The number of carbonyl (C=O) groups excluding carboxylic acids is 1. The molecule has 0 radical (unpaired) electrons. The lowest BCUT2D eigenvalue weighted by Gasteiger charge is -2.06. The SMILES string of the molecule is O=C(OF)c1ccc(OCc2ccc(F)cc2)cc1. The molecule has 0 atom stereocenters. The number of rotatable bonds is 4. The first-order valence-electron chi connectivity index (χ1n) is 5.49. The summed E-state index contributed by atoms with van der Waals surface area (Å²) in [5.41, 5.74) is 0.908. The Morgan fingerprint density at radius 1 is 1.00 bits per heavy atom. The summed E-state index contributed by atoms with van der Waals surface area (Å²) < 4.78 is 29.8. The summed E-state index contributed by atoms with van der Waals surface area (Å²) in [6.45, 7) is 0.271. The molecule has 2 aromatic rings. The fourth-order valence-corrected chi connectivity index (χ4v) is 1.48. The first kappa shape index (κ1) is 13.0. The number of ether oxygens (including phenoxy) is 1. The van der Waals surface area contributed by atoms with Crippen LogP contribution in [0, 0.1) is 5.82 Å². The molecule has 0 spiro atoms. The zero-order valence-corrected chi connectivity index (χ0v) is 9.81. The van der Waals surface area contributed by atoms with E-state index < -0.39 is 5.97 Å². The van der Waals surface area contributed by atoms with Gasteiger partial charge in [0, 0.05) is 4.53 Å². The molecule has 5 heteroatoms. The van der Waals surface area contributed by atoms with Crippen LogP contribution in [0.3, 0.4) is 0 Å². The van der Waals surface area contributed by atoms with Crippen LogP contribution < -0.4 is 4.74 Å². The van der Waals surface area contributed by atoms with Crippen molar-refractivity contribution in [2.75, 3.05) is 0 Å². The van der Waals surface area contributed by atoms with Gasteiger partial charge in [-0.3, -0.25) is 0 Å². The molecule has 3 nitrogen and oxygen atoms in total. The van der Waals surface area contributed by atoms with Gasteiger partial charge in [0.25, 0.3) is 0 Å². The van der Waals surface area contributed by atoms with Crippen molar-refractivity contribution in [3.8, 4) is 5.75 Å². The Morgan fingerprint density at radius 2 is 1.63 bits per heavy atom. The Bertz CT molecular complexity index is 550. The molecule has 0 N–H and O–H groups in total. The third-order valence-corrected chi connectivity index (χ3v) is 2.48. The molecule has 19 heavy (non-hydrogen) atoms. The summed E-state index contributed by atoms with van der Waals surface area (Å²) in [5, 5.41) is 0. The van der Waals surface area contributed by atoms with E-state index in [4.69, 9.17) is 4.74 Å². The molecule has 0 aliphatic rings. The van der Waals surface area contributed by atoms with Crippen molar-refractivity contribution in [2.24, 2.45) is 0 Å². The van der Waals surface area contributed by atoms with Gasteiger partial charge in [0.05, 0.1) is 5.56 Å². The maximum atomic E-state index is 12.7. The quantitative estimate of drug-likeness (QED) is 0.848. The van der Waals surface area contributed by atoms with E-state index in [2.05, 4.69) is 4.94 Å². The Morgan fingerprint density at radius 3 is 2.21 bits per heavy atom. The molecule has 0 unspecified atom stereocenters. The van der Waals surface area contributed by atoms with Crippen molar-refractivity contribution in [3.05, 3.63) is 65.5 Å². The molecule has 0 fully saturated rings. The minimum Gasteiger partial charge on any atom is -0.489 e. The van der Waals surface area contributed by atoms with Gasteiger partial charge < -0.3 is 4.74 Å². The standard InChI is InChI=1S/C14H10F2O3/c15-12-5-1-10(2-6-12)9-18-13-7-3-11(4-8-13)14(17)19-16/h1-8H,9H2. The number of hydrogen-bond donors (Lipinski definition) is 0. The molecular weight excluding hydrogens is 254 g/mol. The summed E-state index contributed by atoms with van der Waals surface area (Å²) in [6, 6.07) is 11.8. The van der Waals surface area contributed by atoms with Gasteiger partial charge in [0.1, 0.15) is 18.2 Å². The maximum Gasteiger partial charge on any atom is 0.379 e. The largest absolute Gasteiger partial charge is 0.489 e.